The number of pyridine rings is 1. The molecular formula is C32H34BrClN4O5. The number of nitrogens with zero attached hydrogens (tertiary/aromatic N) is 3. The number of urea groups is 1. The van der Waals surface area contributed by atoms with Crippen LogP contribution in [0.15, 0.2) is 95.7 Å². The van der Waals surface area contributed by atoms with Gasteiger partial charge in [0.05, 0.1) is 12.3 Å². The third-order valence-electron chi connectivity index (χ3n) is 6.44. The van der Waals surface area contributed by atoms with Gasteiger partial charge in [0.25, 0.3) is 0 Å². The molecule has 0 spiro atoms. The Labute approximate surface area is 265 Å². The van der Waals surface area contributed by atoms with Gasteiger partial charge in [0.15, 0.2) is 0 Å². The van der Waals surface area contributed by atoms with Gasteiger partial charge in [0, 0.05) is 47.5 Å². The number of nitrogens with one attached hydrogen (secondary N) is 1. The van der Waals surface area contributed by atoms with Gasteiger partial charge in [0.2, 0.25) is 0 Å². The molecule has 0 aliphatic heterocycles. The average Bonchev–Trinajstić information content (AvgIpc) is 2.98. The number of anilines is 2. The predicted octanol–water partition coefficient (Wildman–Crippen LogP) is 8.07. The number of benzene rings is 3. The van der Waals surface area contributed by atoms with Gasteiger partial charge in [-0.3, -0.25) is 15.2 Å². The van der Waals surface area contributed by atoms with Crippen molar-refractivity contribution >= 4 is 68.7 Å². The summed E-state index contributed by atoms with van der Waals surface area (Å²) >= 11 is 3.40. The molecule has 0 fully saturated rings. The summed E-state index contributed by atoms with van der Waals surface area (Å²) in [6.07, 6.45) is 2.11. The summed E-state index contributed by atoms with van der Waals surface area (Å²) in [5, 5.41) is 4.66. The fourth-order valence-corrected chi connectivity index (χ4v) is 4.90. The Balaban J connectivity index is 0.00000506. The number of amides is 4. The zero-order chi connectivity index (χ0) is 29.9. The lowest BCUT2D eigenvalue weighted by Gasteiger charge is -2.29. The lowest BCUT2D eigenvalue weighted by Crippen LogP contribution is -2.48. The van der Waals surface area contributed by atoms with Crippen molar-refractivity contribution in [2.45, 2.75) is 32.8 Å². The van der Waals surface area contributed by atoms with Crippen LogP contribution in [0.1, 0.15) is 25.8 Å². The van der Waals surface area contributed by atoms with Crippen molar-refractivity contribution in [1.82, 2.24) is 9.88 Å². The molecule has 0 aliphatic carbocycles. The molecule has 0 saturated heterocycles. The van der Waals surface area contributed by atoms with Crippen molar-refractivity contribution in [2.75, 3.05) is 29.9 Å². The summed E-state index contributed by atoms with van der Waals surface area (Å²) in [7, 11) is 0. The lowest BCUT2D eigenvalue weighted by molar-refractivity contribution is 0.0770. The maximum Gasteiger partial charge on any atom is 0.418 e. The predicted molar refractivity (Wildman–Crippen MR) is 174 cm³/mol. The van der Waals surface area contributed by atoms with E-state index in [1.165, 1.54) is 4.90 Å². The van der Waals surface area contributed by atoms with Gasteiger partial charge in [0.1, 0.15) is 6.10 Å². The number of ether oxygens (including phenoxy) is 2. The van der Waals surface area contributed by atoms with Crippen molar-refractivity contribution in [3.8, 4) is 0 Å². The maximum atomic E-state index is 13.6. The third-order valence-corrected chi connectivity index (χ3v) is 6.87. The van der Waals surface area contributed by atoms with E-state index in [9.17, 15) is 14.4 Å². The Kier molecular flexibility index (Phi) is 12.8. The highest BCUT2D eigenvalue weighted by Gasteiger charge is 2.29. The molecule has 11 heteroatoms. The van der Waals surface area contributed by atoms with Crippen LogP contribution in [0.2, 0.25) is 0 Å². The molecule has 1 aromatic heterocycles. The van der Waals surface area contributed by atoms with Gasteiger partial charge >= 0.3 is 18.2 Å². The zero-order valence-electron chi connectivity index (χ0n) is 23.9. The monoisotopic (exact) mass is 668 g/mol. The second kappa shape index (κ2) is 16.5. The first-order valence-electron chi connectivity index (χ1n) is 13.7. The molecule has 3 aromatic carbocycles. The van der Waals surface area contributed by atoms with Gasteiger partial charge in [-0.1, -0.05) is 54.6 Å². The zero-order valence-corrected chi connectivity index (χ0v) is 26.3. The minimum absolute atomic E-state index is 0. The number of carbonyl (C=O) groups excluding carboxylic acids is 3. The van der Waals surface area contributed by atoms with E-state index in [4.69, 9.17) is 9.47 Å². The fourth-order valence-electron chi connectivity index (χ4n) is 4.49. The lowest BCUT2D eigenvalue weighted by atomic mass is 10.1. The number of rotatable bonds is 10. The van der Waals surface area contributed by atoms with E-state index in [1.54, 1.807) is 37.5 Å². The van der Waals surface area contributed by atoms with E-state index in [0.29, 0.717) is 24.3 Å². The fraction of sp³-hybridized carbons (Fsp3) is 0.250. The summed E-state index contributed by atoms with van der Waals surface area (Å²) in [6.45, 7) is 3.92. The van der Waals surface area contributed by atoms with Crippen LogP contribution >= 0.6 is 28.3 Å². The Morgan fingerprint density at radius 1 is 0.977 bits per heavy atom. The van der Waals surface area contributed by atoms with Crippen LogP contribution in [0.4, 0.5) is 25.8 Å². The van der Waals surface area contributed by atoms with Crippen LogP contribution in [0, 0.1) is 0 Å². The molecule has 0 aliphatic rings. The number of hydrogen-bond donors (Lipinski definition) is 1. The molecule has 0 radical (unpaired) electrons. The topological polar surface area (TPSA) is 101 Å². The minimum Gasteiger partial charge on any atom is -0.449 e. The number of para-hydroxylation sites is 1. The molecule has 9 nitrogen and oxygen atoms in total. The SMILES string of the molecule is CCN(C(=O)N(CCCOC(=O)Nc1cccc2ccccc12)C(=O)OC(C)Cc1cncc(Br)c1)c1ccccc1.Cl. The highest BCUT2D eigenvalue weighted by molar-refractivity contribution is 9.10. The summed E-state index contributed by atoms with van der Waals surface area (Å²) in [4.78, 5) is 46.1. The molecule has 226 valence electrons. The minimum atomic E-state index is -0.773. The molecule has 4 aromatic rings. The summed E-state index contributed by atoms with van der Waals surface area (Å²) < 4.78 is 11.9. The van der Waals surface area contributed by atoms with Crippen molar-refractivity contribution < 1.29 is 23.9 Å². The van der Waals surface area contributed by atoms with E-state index in [0.717, 1.165) is 25.7 Å². The molecule has 4 amide bonds. The van der Waals surface area contributed by atoms with Crippen molar-refractivity contribution in [2.24, 2.45) is 0 Å². The largest absolute Gasteiger partial charge is 0.449 e. The van der Waals surface area contributed by atoms with Gasteiger partial charge in [-0.05, 0) is 71.4 Å². The van der Waals surface area contributed by atoms with Crippen LogP contribution in [0.3, 0.4) is 0 Å². The number of aromatic nitrogens is 1. The van der Waals surface area contributed by atoms with Gasteiger partial charge < -0.3 is 9.47 Å². The third kappa shape index (κ3) is 9.42. The summed E-state index contributed by atoms with van der Waals surface area (Å²) in [6, 6.07) is 23.8. The van der Waals surface area contributed by atoms with E-state index >= 15 is 0 Å². The molecule has 4 rings (SSSR count). The highest BCUT2D eigenvalue weighted by Crippen LogP contribution is 2.23. The number of hydrogen-bond acceptors (Lipinski definition) is 6. The van der Waals surface area contributed by atoms with Crippen molar-refractivity contribution in [3.63, 3.8) is 0 Å². The van der Waals surface area contributed by atoms with E-state index < -0.39 is 24.3 Å². The van der Waals surface area contributed by atoms with Crippen LogP contribution in [-0.2, 0) is 15.9 Å². The van der Waals surface area contributed by atoms with E-state index in [-0.39, 0.29) is 32.0 Å². The van der Waals surface area contributed by atoms with Crippen LogP contribution in [0.5, 0.6) is 0 Å². The quantitative estimate of drug-likeness (QED) is 0.171. The molecule has 43 heavy (non-hydrogen) atoms. The van der Waals surface area contributed by atoms with Gasteiger partial charge in [-0.2, -0.15) is 0 Å². The van der Waals surface area contributed by atoms with Crippen LogP contribution < -0.4 is 10.2 Å². The highest BCUT2D eigenvalue weighted by atomic mass is 79.9. The van der Waals surface area contributed by atoms with Crippen LogP contribution in [0.25, 0.3) is 10.8 Å². The Morgan fingerprint density at radius 2 is 1.70 bits per heavy atom. The Bertz CT molecular complexity index is 1520. The molecule has 0 saturated carbocycles. The van der Waals surface area contributed by atoms with Crippen molar-refractivity contribution in [3.05, 3.63) is 101 Å². The standard InChI is InChI=1S/C32H33BrN4O5.ClH/c1-3-36(27-13-5-4-6-14-27)31(39)37(32(40)42-23(2)19-24-20-26(33)22-34-21-24)17-10-18-41-30(38)35-29-16-9-12-25-11-7-8-15-28(25)29;/h4-9,11-16,20-23H,3,10,17-19H2,1-2H3,(H,35,38);1H. The van der Waals surface area contributed by atoms with Gasteiger partial charge in [-0.15, -0.1) is 12.4 Å². The molecule has 1 atom stereocenters. The van der Waals surface area contributed by atoms with Crippen LogP contribution in [-0.4, -0.2) is 53.9 Å². The molecule has 1 N–H and O–H groups in total. The van der Waals surface area contributed by atoms with E-state index in [2.05, 4.69) is 26.2 Å². The van der Waals surface area contributed by atoms with Crippen molar-refractivity contribution in [1.29, 1.82) is 0 Å². The van der Waals surface area contributed by atoms with Gasteiger partial charge in [-0.25, -0.2) is 19.3 Å². The maximum absolute atomic E-state index is 13.6. The summed E-state index contributed by atoms with van der Waals surface area (Å²) in [5.41, 5.74) is 2.17. The average molecular weight is 670 g/mol. The Hall–Kier alpha value is -4.15. The van der Waals surface area contributed by atoms with E-state index in [1.807, 2.05) is 67.6 Å². The normalized spacial score (nSPS) is 11.1. The first-order chi connectivity index (χ1) is 20.4. The molecule has 1 heterocycles. The second-order valence-corrected chi connectivity index (χ2v) is 10.5. The number of imide groups is 1. The first kappa shape index (κ1) is 33.4. The second-order valence-electron chi connectivity index (χ2n) is 9.57. The number of fused-ring (bicyclic) bond motifs is 1. The summed E-state index contributed by atoms with van der Waals surface area (Å²) in [5.74, 6) is 0. The molecule has 0 bridgehead atoms. The molecule has 1 unspecified atom stereocenters. The Morgan fingerprint density at radius 3 is 2.44 bits per heavy atom. The smallest absolute Gasteiger partial charge is 0.418 e. The molecular weight excluding hydrogens is 636 g/mol. The first-order valence-corrected chi connectivity index (χ1v) is 14.5. The number of carbonyl (C=O) groups is 3. The number of halogens is 2.